The predicted molar refractivity (Wildman–Crippen MR) is 82.4 cm³/mol. The minimum absolute atomic E-state index is 0.149. The molecule has 2 aromatic carbocycles. The fourth-order valence-corrected chi connectivity index (χ4v) is 2.07. The number of amides is 1. The summed E-state index contributed by atoms with van der Waals surface area (Å²) >= 11 is 3.32. The Morgan fingerprint density at radius 2 is 1.84 bits per heavy atom. The van der Waals surface area contributed by atoms with E-state index < -0.39 is 0 Å². The molecule has 3 nitrogen and oxygen atoms in total. The van der Waals surface area contributed by atoms with Crippen molar-refractivity contribution < 1.29 is 4.79 Å². The summed E-state index contributed by atoms with van der Waals surface area (Å²) in [6.07, 6.45) is 0. The number of carbonyl (C=O) groups is 1. The summed E-state index contributed by atoms with van der Waals surface area (Å²) in [7, 11) is 0. The first kappa shape index (κ1) is 13.6. The molecule has 0 aliphatic heterocycles. The molecule has 0 saturated carbocycles. The van der Waals surface area contributed by atoms with Crippen LogP contribution in [0.2, 0.25) is 0 Å². The molecule has 0 heterocycles. The second-order valence-corrected chi connectivity index (χ2v) is 5.34. The summed E-state index contributed by atoms with van der Waals surface area (Å²) in [5, 5.41) is 2.87. The Morgan fingerprint density at radius 1 is 1.11 bits per heavy atom. The van der Waals surface area contributed by atoms with Crippen LogP contribution in [0.25, 0.3) is 0 Å². The molecule has 19 heavy (non-hydrogen) atoms. The Bertz CT molecular complexity index is 638. The molecule has 0 aliphatic carbocycles. The Kier molecular flexibility index (Phi) is 3.90. The van der Waals surface area contributed by atoms with Gasteiger partial charge < -0.3 is 11.1 Å². The van der Waals surface area contributed by atoms with E-state index >= 15 is 0 Å². The van der Waals surface area contributed by atoms with E-state index in [-0.39, 0.29) is 5.91 Å². The number of nitrogens with one attached hydrogen (secondary N) is 1. The van der Waals surface area contributed by atoms with Crippen LogP contribution in [0.15, 0.2) is 40.9 Å². The maximum absolute atomic E-state index is 12.1. The van der Waals surface area contributed by atoms with Gasteiger partial charge in [0.25, 0.3) is 5.91 Å². The van der Waals surface area contributed by atoms with Crippen molar-refractivity contribution in [3.8, 4) is 0 Å². The molecule has 1 amide bonds. The quantitative estimate of drug-likeness (QED) is 0.825. The van der Waals surface area contributed by atoms with Gasteiger partial charge in [-0.2, -0.15) is 0 Å². The zero-order chi connectivity index (χ0) is 14.0. The molecule has 0 radical (unpaired) electrons. The Labute approximate surface area is 121 Å². The molecule has 4 heteroatoms. The molecule has 0 spiro atoms. The molecule has 3 N–H and O–H groups in total. The lowest BCUT2D eigenvalue weighted by Crippen LogP contribution is -2.12. The van der Waals surface area contributed by atoms with Crippen LogP contribution >= 0.6 is 15.9 Å². The van der Waals surface area contributed by atoms with Gasteiger partial charge in [0.1, 0.15) is 0 Å². The highest BCUT2D eigenvalue weighted by Crippen LogP contribution is 2.21. The van der Waals surface area contributed by atoms with Crippen LogP contribution in [0, 0.1) is 13.8 Å². The van der Waals surface area contributed by atoms with Gasteiger partial charge in [0.15, 0.2) is 0 Å². The van der Waals surface area contributed by atoms with E-state index in [1.165, 1.54) is 5.56 Å². The third kappa shape index (κ3) is 3.15. The first-order valence-corrected chi connectivity index (χ1v) is 6.70. The van der Waals surface area contributed by atoms with Crippen molar-refractivity contribution in [2.45, 2.75) is 13.8 Å². The van der Waals surface area contributed by atoms with Crippen LogP contribution < -0.4 is 11.1 Å². The monoisotopic (exact) mass is 318 g/mol. The number of anilines is 2. The molecular formula is C15H15BrN2O. The van der Waals surface area contributed by atoms with Gasteiger partial charge in [-0.3, -0.25) is 4.79 Å². The van der Waals surface area contributed by atoms with Gasteiger partial charge in [-0.05, 0) is 71.2 Å². The number of aryl methyl sites for hydroxylation is 2. The van der Waals surface area contributed by atoms with Crippen molar-refractivity contribution in [1.82, 2.24) is 0 Å². The smallest absolute Gasteiger partial charge is 0.255 e. The van der Waals surface area contributed by atoms with Crippen molar-refractivity contribution in [2.75, 3.05) is 11.1 Å². The first-order chi connectivity index (χ1) is 8.97. The van der Waals surface area contributed by atoms with Gasteiger partial charge in [0.05, 0.1) is 0 Å². The van der Waals surface area contributed by atoms with E-state index in [9.17, 15) is 4.79 Å². The predicted octanol–water partition coefficient (Wildman–Crippen LogP) is 3.90. The molecule has 0 aromatic heterocycles. The summed E-state index contributed by atoms with van der Waals surface area (Å²) in [5.41, 5.74) is 10.0. The molecular weight excluding hydrogens is 304 g/mol. The topological polar surface area (TPSA) is 55.1 Å². The highest BCUT2D eigenvalue weighted by atomic mass is 79.9. The highest BCUT2D eigenvalue weighted by molar-refractivity contribution is 9.10. The highest BCUT2D eigenvalue weighted by Gasteiger charge is 2.08. The van der Waals surface area contributed by atoms with E-state index in [1.54, 1.807) is 18.2 Å². The molecule has 0 bridgehead atoms. The normalized spacial score (nSPS) is 10.3. The average Bonchev–Trinajstić information content (AvgIpc) is 2.37. The van der Waals surface area contributed by atoms with Gasteiger partial charge in [-0.25, -0.2) is 0 Å². The number of hydrogen-bond acceptors (Lipinski definition) is 2. The Hall–Kier alpha value is -1.81. The van der Waals surface area contributed by atoms with Gasteiger partial charge in [0.2, 0.25) is 0 Å². The number of hydrogen-bond donors (Lipinski definition) is 2. The van der Waals surface area contributed by atoms with E-state index in [1.807, 2.05) is 32.0 Å². The molecule has 0 saturated heterocycles. The van der Waals surface area contributed by atoms with Gasteiger partial charge >= 0.3 is 0 Å². The number of halogens is 1. The van der Waals surface area contributed by atoms with E-state index in [4.69, 9.17) is 5.73 Å². The van der Waals surface area contributed by atoms with Crippen LogP contribution in [0.3, 0.4) is 0 Å². The molecule has 2 aromatic rings. The number of benzene rings is 2. The minimum atomic E-state index is -0.149. The molecule has 98 valence electrons. The minimum Gasteiger partial charge on any atom is -0.398 e. The third-order valence-corrected chi connectivity index (χ3v) is 3.71. The van der Waals surface area contributed by atoms with Gasteiger partial charge in [-0.15, -0.1) is 0 Å². The van der Waals surface area contributed by atoms with Crippen LogP contribution in [0.5, 0.6) is 0 Å². The number of nitrogens with two attached hydrogens (primary N) is 1. The standard InChI is InChI=1S/C15H15BrN2O/c1-9-3-5-12(7-10(9)2)18-15(19)11-4-6-14(17)13(16)8-11/h3-8H,17H2,1-2H3,(H,18,19). The lowest BCUT2D eigenvalue weighted by atomic mass is 10.1. The Morgan fingerprint density at radius 3 is 2.47 bits per heavy atom. The van der Waals surface area contributed by atoms with Crippen LogP contribution in [0.1, 0.15) is 21.5 Å². The number of carbonyl (C=O) groups excluding carboxylic acids is 1. The van der Waals surface area contributed by atoms with Gasteiger partial charge in [-0.1, -0.05) is 6.07 Å². The lowest BCUT2D eigenvalue weighted by Gasteiger charge is -2.08. The average molecular weight is 319 g/mol. The molecule has 0 fully saturated rings. The second-order valence-electron chi connectivity index (χ2n) is 4.49. The van der Waals surface area contributed by atoms with E-state index in [0.717, 1.165) is 15.7 Å². The lowest BCUT2D eigenvalue weighted by molar-refractivity contribution is 0.102. The van der Waals surface area contributed by atoms with Crippen molar-refractivity contribution in [1.29, 1.82) is 0 Å². The van der Waals surface area contributed by atoms with Crippen molar-refractivity contribution in [2.24, 2.45) is 0 Å². The van der Waals surface area contributed by atoms with Gasteiger partial charge in [0, 0.05) is 21.4 Å². The molecule has 2 rings (SSSR count). The van der Waals surface area contributed by atoms with Crippen molar-refractivity contribution >= 4 is 33.2 Å². The van der Waals surface area contributed by atoms with E-state index in [0.29, 0.717) is 11.3 Å². The summed E-state index contributed by atoms with van der Waals surface area (Å²) in [6.45, 7) is 4.06. The maximum Gasteiger partial charge on any atom is 0.255 e. The third-order valence-electron chi connectivity index (χ3n) is 3.03. The van der Waals surface area contributed by atoms with Crippen LogP contribution in [0.4, 0.5) is 11.4 Å². The summed E-state index contributed by atoms with van der Waals surface area (Å²) in [6, 6.07) is 11.0. The van der Waals surface area contributed by atoms with Crippen LogP contribution in [-0.4, -0.2) is 5.91 Å². The second kappa shape index (κ2) is 5.45. The zero-order valence-electron chi connectivity index (χ0n) is 10.8. The zero-order valence-corrected chi connectivity index (χ0v) is 12.4. The van der Waals surface area contributed by atoms with Crippen molar-refractivity contribution in [3.05, 3.63) is 57.6 Å². The summed E-state index contributed by atoms with van der Waals surface area (Å²) in [5.74, 6) is -0.149. The Balaban J connectivity index is 2.20. The van der Waals surface area contributed by atoms with E-state index in [2.05, 4.69) is 21.2 Å². The first-order valence-electron chi connectivity index (χ1n) is 5.91. The summed E-state index contributed by atoms with van der Waals surface area (Å²) in [4.78, 5) is 12.1. The fourth-order valence-electron chi connectivity index (χ4n) is 1.69. The SMILES string of the molecule is Cc1ccc(NC(=O)c2ccc(N)c(Br)c2)cc1C. The van der Waals surface area contributed by atoms with Crippen LogP contribution in [-0.2, 0) is 0 Å². The number of rotatable bonds is 2. The molecule has 0 atom stereocenters. The fraction of sp³-hybridized carbons (Fsp3) is 0.133. The largest absolute Gasteiger partial charge is 0.398 e. The number of nitrogen functional groups attached to an aromatic ring is 1. The molecule has 0 aliphatic rings. The summed E-state index contributed by atoms with van der Waals surface area (Å²) < 4.78 is 0.722. The molecule has 0 unspecified atom stereocenters. The van der Waals surface area contributed by atoms with Crippen molar-refractivity contribution in [3.63, 3.8) is 0 Å². The maximum atomic E-state index is 12.1.